The topological polar surface area (TPSA) is 61.4 Å². The fraction of sp³-hybridized carbons (Fsp3) is 0.542. The molecule has 160 valence electrons. The van der Waals surface area contributed by atoms with E-state index in [1.165, 1.54) is 31.4 Å². The van der Waals surface area contributed by atoms with Crippen LogP contribution in [-0.2, 0) is 17.9 Å². The van der Waals surface area contributed by atoms with E-state index >= 15 is 0 Å². The van der Waals surface area contributed by atoms with Gasteiger partial charge in [0, 0.05) is 44.6 Å². The molecule has 1 amide bonds. The van der Waals surface area contributed by atoms with Gasteiger partial charge < -0.3 is 10.2 Å². The molecule has 1 N–H and O–H groups in total. The lowest BCUT2D eigenvalue weighted by Crippen LogP contribution is -2.43. The minimum absolute atomic E-state index is 0.0116. The maximum atomic E-state index is 12.7. The Morgan fingerprint density at radius 3 is 2.57 bits per heavy atom. The Morgan fingerprint density at radius 1 is 1.03 bits per heavy atom. The van der Waals surface area contributed by atoms with Crippen LogP contribution in [0.4, 0.5) is 5.95 Å². The molecule has 2 fully saturated rings. The Morgan fingerprint density at radius 2 is 1.80 bits per heavy atom. The zero-order valence-corrected chi connectivity index (χ0v) is 18.0. The Kier molecular flexibility index (Phi) is 6.95. The molecule has 0 bridgehead atoms. The van der Waals surface area contributed by atoms with Gasteiger partial charge in [0.1, 0.15) is 0 Å². The molecule has 0 aliphatic carbocycles. The monoisotopic (exact) mass is 407 g/mol. The predicted molar refractivity (Wildman–Crippen MR) is 119 cm³/mol. The maximum absolute atomic E-state index is 12.7. The molecule has 4 rings (SSSR count). The van der Waals surface area contributed by atoms with Crippen LogP contribution in [0.15, 0.2) is 42.7 Å². The second-order valence-corrected chi connectivity index (χ2v) is 8.68. The SMILES string of the molecule is CC1CCCCN1Cc1ccc(CNC(=O)C2CCCN(c3ncccn3)C2)cc1. The number of piperidine rings is 2. The molecule has 2 atom stereocenters. The van der Waals surface area contributed by atoms with Crippen molar-refractivity contribution in [2.75, 3.05) is 24.5 Å². The summed E-state index contributed by atoms with van der Waals surface area (Å²) >= 11 is 0. The van der Waals surface area contributed by atoms with Crippen molar-refractivity contribution in [2.24, 2.45) is 5.92 Å². The standard InChI is InChI=1S/C24H33N5O/c1-19-6-2-3-14-28(19)17-21-10-8-20(9-11-21)16-27-23(30)22-7-4-15-29(18-22)24-25-12-5-13-26-24/h5,8-13,19,22H,2-4,6-7,14-18H2,1H3,(H,27,30). The molecule has 6 nitrogen and oxygen atoms in total. The Labute approximate surface area is 179 Å². The number of amides is 1. The Hall–Kier alpha value is -2.47. The van der Waals surface area contributed by atoms with E-state index in [0.717, 1.165) is 31.5 Å². The molecule has 3 heterocycles. The van der Waals surface area contributed by atoms with Gasteiger partial charge in [-0.3, -0.25) is 9.69 Å². The Balaban J connectivity index is 1.26. The summed E-state index contributed by atoms with van der Waals surface area (Å²) in [6, 6.07) is 11.2. The molecule has 0 radical (unpaired) electrons. The second-order valence-electron chi connectivity index (χ2n) is 8.68. The highest BCUT2D eigenvalue weighted by molar-refractivity contribution is 5.79. The fourth-order valence-corrected chi connectivity index (χ4v) is 4.55. The summed E-state index contributed by atoms with van der Waals surface area (Å²) < 4.78 is 0. The van der Waals surface area contributed by atoms with Gasteiger partial charge in [-0.2, -0.15) is 0 Å². The maximum Gasteiger partial charge on any atom is 0.225 e. The smallest absolute Gasteiger partial charge is 0.225 e. The Bertz CT molecular complexity index is 810. The van der Waals surface area contributed by atoms with E-state index in [2.05, 4.69) is 56.3 Å². The van der Waals surface area contributed by atoms with E-state index in [9.17, 15) is 4.79 Å². The molecule has 2 aliphatic rings. The molecular weight excluding hydrogens is 374 g/mol. The highest BCUT2D eigenvalue weighted by atomic mass is 16.1. The number of hydrogen-bond acceptors (Lipinski definition) is 5. The number of likely N-dealkylation sites (tertiary alicyclic amines) is 1. The number of benzene rings is 1. The number of carbonyl (C=O) groups excluding carboxylic acids is 1. The molecule has 6 heteroatoms. The summed E-state index contributed by atoms with van der Waals surface area (Å²) in [4.78, 5) is 26.1. The average Bonchev–Trinajstić information content (AvgIpc) is 2.80. The van der Waals surface area contributed by atoms with E-state index in [0.29, 0.717) is 25.1 Å². The summed E-state index contributed by atoms with van der Waals surface area (Å²) in [5.74, 6) is 0.831. The summed E-state index contributed by atoms with van der Waals surface area (Å²) in [5.41, 5.74) is 2.50. The lowest BCUT2D eigenvalue weighted by molar-refractivity contribution is -0.125. The molecule has 2 saturated heterocycles. The summed E-state index contributed by atoms with van der Waals surface area (Å²) in [7, 11) is 0. The number of nitrogens with one attached hydrogen (secondary N) is 1. The lowest BCUT2D eigenvalue weighted by Gasteiger charge is -2.33. The van der Waals surface area contributed by atoms with Crippen LogP contribution in [-0.4, -0.2) is 46.5 Å². The molecule has 1 aromatic heterocycles. The molecule has 30 heavy (non-hydrogen) atoms. The number of carbonyl (C=O) groups is 1. The average molecular weight is 408 g/mol. The van der Waals surface area contributed by atoms with Crippen LogP contribution in [0, 0.1) is 5.92 Å². The number of hydrogen-bond donors (Lipinski definition) is 1. The van der Waals surface area contributed by atoms with Gasteiger partial charge in [-0.1, -0.05) is 30.7 Å². The molecule has 0 saturated carbocycles. The first kappa shape index (κ1) is 20.8. The molecule has 2 aromatic rings. The van der Waals surface area contributed by atoms with Gasteiger partial charge in [-0.05, 0) is 56.3 Å². The van der Waals surface area contributed by atoms with Crippen molar-refractivity contribution in [3.8, 4) is 0 Å². The van der Waals surface area contributed by atoms with Crippen LogP contribution in [0.5, 0.6) is 0 Å². The van der Waals surface area contributed by atoms with E-state index in [1.807, 2.05) is 6.07 Å². The molecule has 1 aromatic carbocycles. The van der Waals surface area contributed by atoms with Crippen molar-refractivity contribution in [1.82, 2.24) is 20.2 Å². The second kappa shape index (κ2) is 10.0. The normalized spacial score (nSPS) is 22.6. The third-order valence-corrected chi connectivity index (χ3v) is 6.44. The fourth-order valence-electron chi connectivity index (χ4n) is 4.55. The predicted octanol–water partition coefficient (Wildman–Crippen LogP) is 3.38. The molecule has 2 unspecified atom stereocenters. The summed E-state index contributed by atoms with van der Waals surface area (Å²) in [6.07, 6.45) is 9.38. The van der Waals surface area contributed by atoms with E-state index in [1.54, 1.807) is 12.4 Å². The first-order valence-electron chi connectivity index (χ1n) is 11.3. The molecular formula is C24H33N5O. The van der Waals surface area contributed by atoms with E-state index in [4.69, 9.17) is 0 Å². The number of nitrogens with zero attached hydrogens (tertiary/aromatic N) is 4. The van der Waals surface area contributed by atoms with Gasteiger partial charge in [-0.25, -0.2) is 9.97 Å². The number of rotatable bonds is 6. The van der Waals surface area contributed by atoms with Crippen LogP contribution >= 0.6 is 0 Å². The largest absolute Gasteiger partial charge is 0.352 e. The van der Waals surface area contributed by atoms with Crippen LogP contribution in [0.25, 0.3) is 0 Å². The zero-order valence-electron chi connectivity index (χ0n) is 18.0. The van der Waals surface area contributed by atoms with Crippen molar-refractivity contribution in [1.29, 1.82) is 0 Å². The first-order valence-corrected chi connectivity index (χ1v) is 11.3. The van der Waals surface area contributed by atoms with Gasteiger partial charge in [-0.15, -0.1) is 0 Å². The quantitative estimate of drug-likeness (QED) is 0.795. The minimum Gasteiger partial charge on any atom is -0.352 e. The van der Waals surface area contributed by atoms with E-state index in [-0.39, 0.29) is 11.8 Å². The molecule has 2 aliphatic heterocycles. The van der Waals surface area contributed by atoms with Crippen LogP contribution in [0.3, 0.4) is 0 Å². The zero-order chi connectivity index (χ0) is 20.8. The van der Waals surface area contributed by atoms with Gasteiger partial charge in [0.15, 0.2) is 0 Å². The summed E-state index contributed by atoms with van der Waals surface area (Å²) in [6.45, 7) is 6.73. The van der Waals surface area contributed by atoms with Gasteiger partial charge in [0.2, 0.25) is 11.9 Å². The minimum atomic E-state index is -0.0116. The van der Waals surface area contributed by atoms with Gasteiger partial charge in [0.05, 0.1) is 5.92 Å². The number of anilines is 1. The van der Waals surface area contributed by atoms with Crippen molar-refractivity contribution >= 4 is 11.9 Å². The lowest BCUT2D eigenvalue weighted by atomic mass is 9.97. The van der Waals surface area contributed by atoms with Gasteiger partial charge >= 0.3 is 0 Å². The van der Waals surface area contributed by atoms with E-state index < -0.39 is 0 Å². The van der Waals surface area contributed by atoms with Crippen molar-refractivity contribution in [3.05, 3.63) is 53.9 Å². The van der Waals surface area contributed by atoms with Crippen LogP contribution in [0.2, 0.25) is 0 Å². The third kappa shape index (κ3) is 5.36. The van der Waals surface area contributed by atoms with Crippen molar-refractivity contribution in [2.45, 2.75) is 58.2 Å². The van der Waals surface area contributed by atoms with Gasteiger partial charge in [0.25, 0.3) is 0 Å². The summed E-state index contributed by atoms with van der Waals surface area (Å²) in [5, 5.41) is 3.13. The first-order chi connectivity index (χ1) is 14.7. The number of aromatic nitrogens is 2. The van der Waals surface area contributed by atoms with Crippen LogP contribution < -0.4 is 10.2 Å². The van der Waals surface area contributed by atoms with Crippen LogP contribution in [0.1, 0.15) is 50.2 Å². The van der Waals surface area contributed by atoms with Crippen molar-refractivity contribution in [3.63, 3.8) is 0 Å². The van der Waals surface area contributed by atoms with Crippen molar-refractivity contribution < 1.29 is 4.79 Å². The highest BCUT2D eigenvalue weighted by Gasteiger charge is 2.26. The highest BCUT2D eigenvalue weighted by Crippen LogP contribution is 2.21. The molecule has 0 spiro atoms. The third-order valence-electron chi connectivity index (χ3n) is 6.44.